The Balaban J connectivity index is 0. The molecule has 4 radical (unpaired) electrons. The third kappa shape index (κ3) is 7.18. The van der Waals surface area contributed by atoms with Crippen molar-refractivity contribution in [2.75, 3.05) is 26.7 Å². The second kappa shape index (κ2) is 12.1. The fourth-order valence-corrected chi connectivity index (χ4v) is 2.29. The van der Waals surface area contributed by atoms with Gasteiger partial charge in [0.05, 0.1) is 0 Å². The topological polar surface area (TPSA) is 6.48 Å². The van der Waals surface area contributed by atoms with Crippen LogP contribution in [0.5, 0.6) is 0 Å². The maximum atomic E-state index is 2.58. The van der Waals surface area contributed by atoms with Crippen molar-refractivity contribution < 1.29 is 98.1 Å². The van der Waals surface area contributed by atoms with E-state index >= 15 is 0 Å². The van der Waals surface area contributed by atoms with Crippen LogP contribution in [0.25, 0.3) is 0 Å². The number of rotatable bonds is 1. The van der Waals surface area contributed by atoms with Gasteiger partial charge in [0.15, 0.2) is 0 Å². The second-order valence-corrected chi connectivity index (χ2v) is 4.28. The van der Waals surface area contributed by atoms with Gasteiger partial charge in [-0.15, -0.1) is 6.54 Å². The average molecular weight is 445 g/mol. The van der Waals surface area contributed by atoms with Gasteiger partial charge in [0.2, 0.25) is 0 Å². The summed E-state index contributed by atoms with van der Waals surface area (Å²) < 4.78 is 0. The summed E-state index contributed by atoms with van der Waals surface area (Å²) >= 11 is 0. The zero-order valence-electron chi connectivity index (χ0n) is 10.3. The van der Waals surface area contributed by atoms with E-state index in [1.165, 1.54) is 38.6 Å². The van der Waals surface area contributed by atoms with Crippen LogP contribution < -0.4 is 0 Å². The first-order valence-electron chi connectivity index (χ1n) is 5.45. The van der Waals surface area contributed by atoms with Gasteiger partial charge in [-0.3, -0.25) is 6.54 Å². The summed E-state index contributed by atoms with van der Waals surface area (Å²) in [6.07, 6.45) is 5.40. The van der Waals surface area contributed by atoms with Crippen molar-refractivity contribution in [3.8, 4) is 0 Å². The minimum Gasteiger partial charge on any atom is -0.452 e. The molecule has 0 aromatic rings. The molecule has 2 rings (SSSR count). The van der Waals surface area contributed by atoms with E-state index in [2.05, 4.69) is 30.7 Å². The average Bonchev–Trinajstić information content (AvgIpc) is 2.20. The van der Waals surface area contributed by atoms with E-state index in [0.29, 0.717) is 0 Å². The fraction of sp³-hybridized carbons (Fsp3) is 0.900. The Morgan fingerprint density at radius 2 is 1.69 bits per heavy atom. The van der Waals surface area contributed by atoms with Crippen LogP contribution in [-0.4, -0.2) is 49.8 Å². The minimum absolute atomic E-state index is 0. The molecule has 82 valence electrons. The third-order valence-corrected chi connectivity index (χ3v) is 3.24. The summed E-state index contributed by atoms with van der Waals surface area (Å²) in [5, 5.41) is 0. The second-order valence-electron chi connectivity index (χ2n) is 4.28. The van der Waals surface area contributed by atoms with E-state index in [-0.39, 0.29) is 98.1 Å². The van der Waals surface area contributed by atoms with Gasteiger partial charge in [-0.25, -0.2) is 0 Å². The van der Waals surface area contributed by atoms with E-state index in [9.17, 15) is 0 Å². The molecule has 0 aliphatic carbocycles. The molecule has 6 heteroatoms. The summed E-state index contributed by atoms with van der Waals surface area (Å²) in [6, 6.07) is 0.846. The van der Waals surface area contributed by atoms with Gasteiger partial charge < -0.3 is 9.80 Å². The van der Waals surface area contributed by atoms with Crippen molar-refractivity contribution in [2.24, 2.45) is 0 Å². The molecule has 0 N–H and O–H groups in total. The quantitative estimate of drug-likeness (QED) is 0.441. The Morgan fingerprint density at radius 1 is 1.06 bits per heavy atom. The number of hydrogen-bond donors (Lipinski definition) is 0. The van der Waals surface area contributed by atoms with Crippen LogP contribution in [0.4, 0.5) is 0 Å². The molecule has 0 atom stereocenters. The number of likely N-dealkylation sites (N-methyl/N-ethyl adjacent to an activating group) is 1. The Hall–Kier alpha value is 3.30. The maximum Gasteiger partial charge on any atom is 0.109 e. The van der Waals surface area contributed by atoms with Crippen LogP contribution in [0.2, 0.25) is 12.6 Å². The zero-order valence-corrected chi connectivity index (χ0v) is 18.8. The molecule has 0 amide bonds. The van der Waals surface area contributed by atoms with Crippen LogP contribution in [0.1, 0.15) is 12.8 Å². The van der Waals surface area contributed by atoms with Gasteiger partial charge in [0.25, 0.3) is 0 Å². The van der Waals surface area contributed by atoms with Crippen molar-refractivity contribution in [3.63, 3.8) is 0 Å². The van der Waals surface area contributed by atoms with E-state index < -0.39 is 0 Å². The van der Waals surface area contributed by atoms with E-state index in [0.717, 1.165) is 12.6 Å². The molecular weight excluding hydrogens is 426 g/mol. The van der Waals surface area contributed by atoms with Gasteiger partial charge in [-0.1, -0.05) is 12.6 Å². The molecule has 2 nitrogen and oxygen atoms in total. The summed E-state index contributed by atoms with van der Waals surface area (Å²) in [7, 11) is 4.63. The first kappa shape index (κ1) is 21.6. The molecule has 16 heavy (non-hydrogen) atoms. The van der Waals surface area contributed by atoms with Gasteiger partial charge >= 0.3 is 0 Å². The Morgan fingerprint density at radius 3 is 2.19 bits per heavy atom. The Bertz CT molecular complexity index is 160. The van der Waals surface area contributed by atoms with Crippen molar-refractivity contribution in [1.82, 2.24) is 9.80 Å². The van der Waals surface area contributed by atoms with Gasteiger partial charge in [-0.2, -0.15) is 0 Å². The molecule has 2 saturated heterocycles. The summed E-state index contributed by atoms with van der Waals surface area (Å²) in [4.78, 5) is 4.96. The Labute approximate surface area is 177 Å². The van der Waals surface area contributed by atoms with Crippen molar-refractivity contribution >= 4 is 7.28 Å². The SMILES string of the molecule is CN1C[CH-]N(C2CC[B]CC2)CC1.[Y].[Y].[Y]. The molecule has 0 bridgehead atoms. The monoisotopic (exact) mass is 445 g/mol. The van der Waals surface area contributed by atoms with Crippen LogP contribution in [-0.2, 0) is 98.1 Å². The maximum absolute atomic E-state index is 2.58. The molecule has 2 fully saturated rings. The normalized spacial score (nSPS) is 23.3. The van der Waals surface area contributed by atoms with Crippen LogP contribution in [0.15, 0.2) is 0 Å². The number of hydrogen-bond acceptors (Lipinski definition) is 2. The van der Waals surface area contributed by atoms with Crippen LogP contribution in [0.3, 0.4) is 0 Å². The number of piperazine rings is 1. The summed E-state index contributed by atoms with van der Waals surface area (Å²) in [6.45, 7) is 6.00. The molecule has 0 aromatic carbocycles. The van der Waals surface area contributed by atoms with Crippen molar-refractivity contribution in [2.45, 2.75) is 31.5 Å². The van der Waals surface area contributed by atoms with E-state index in [1.807, 2.05) is 0 Å². The molecule has 2 heterocycles. The number of nitrogens with zero attached hydrogens (tertiary/aromatic N) is 2. The largest absolute Gasteiger partial charge is 0.452 e. The van der Waals surface area contributed by atoms with Crippen LogP contribution in [0, 0.1) is 6.54 Å². The molecule has 2 aliphatic rings. The Kier molecular flexibility index (Phi) is 16.3. The predicted octanol–water partition coefficient (Wildman–Crippen LogP) is 1.09. The smallest absolute Gasteiger partial charge is 0.109 e. The van der Waals surface area contributed by atoms with E-state index in [4.69, 9.17) is 0 Å². The predicted molar refractivity (Wildman–Crippen MR) is 56.9 cm³/mol. The zero-order chi connectivity index (χ0) is 9.10. The minimum atomic E-state index is 0. The van der Waals surface area contributed by atoms with Gasteiger partial charge in [0.1, 0.15) is 7.28 Å². The molecule has 0 saturated carbocycles. The van der Waals surface area contributed by atoms with Gasteiger partial charge in [-0.05, 0) is 32.5 Å². The van der Waals surface area contributed by atoms with Crippen molar-refractivity contribution in [3.05, 3.63) is 6.54 Å². The third-order valence-electron chi connectivity index (χ3n) is 3.24. The van der Waals surface area contributed by atoms with Crippen molar-refractivity contribution in [1.29, 1.82) is 0 Å². The fourth-order valence-electron chi connectivity index (χ4n) is 2.29. The molecule has 2 aliphatic heterocycles. The summed E-state index contributed by atoms with van der Waals surface area (Å²) in [5.74, 6) is 0. The first-order chi connectivity index (χ1) is 6.36. The first-order valence-corrected chi connectivity index (χ1v) is 5.45. The molecule has 0 aromatic heterocycles. The summed E-state index contributed by atoms with van der Waals surface area (Å²) in [5.41, 5.74) is 0. The van der Waals surface area contributed by atoms with Crippen LogP contribution >= 0.6 is 0 Å². The van der Waals surface area contributed by atoms with E-state index in [1.54, 1.807) is 0 Å². The standard InChI is InChI=1S/C10H19BN2.3Y/c1-12-6-8-13(9-7-12)10-2-4-11-5-3-10;;;/h8,10H,2-7,9H2,1H3;;;/q-1;;;. The van der Waals surface area contributed by atoms with Gasteiger partial charge in [0, 0.05) is 105 Å². The molecular formula is C10H19BN2Y3-. The molecule has 0 spiro atoms. The molecule has 0 unspecified atom stereocenters.